The van der Waals surface area contributed by atoms with Crippen molar-refractivity contribution in [3.8, 4) is 0 Å². The molecular formula is C14H24BrNO. The molecule has 0 aliphatic heterocycles. The van der Waals surface area contributed by atoms with Gasteiger partial charge in [-0.3, -0.25) is 4.79 Å². The summed E-state index contributed by atoms with van der Waals surface area (Å²) < 4.78 is 0. The highest BCUT2D eigenvalue weighted by molar-refractivity contribution is 9.09. The van der Waals surface area contributed by atoms with Crippen LogP contribution >= 0.6 is 15.9 Å². The van der Waals surface area contributed by atoms with E-state index in [1.54, 1.807) is 0 Å². The summed E-state index contributed by atoms with van der Waals surface area (Å²) in [6, 6.07) is 0.351. The predicted octanol–water partition coefficient (Wildman–Crippen LogP) is 3.44. The average Bonchev–Trinajstić information content (AvgIpc) is 3.02. The molecule has 0 spiro atoms. The third-order valence-corrected chi connectivity index (χ3v) is 4.94. The van der Waals surface area contributed by atoms with Gasteiger partial charge < -0.3 is 4.90 Å². The van der Waals surface area contributed by atoms with Crippen LogP contribution in [0, 0.1) is 17.8 Å². The SMILES string of the molecule is CC(C)N(CCCBr)C(=O)C1C2CCCCC21. The van der Waals surface area contributed by atoms with E-state index in [1.807, 2.05) is 0 Å². The van der Waals surface area contributed by atoms with Gasteiger partial charge in [-0.2, -0.15) is 0 Å². The summed E-state index contributed by atoms with van der Waals surface area (Å²) in [6.45, 7) is 5.19. The number of carbonyl (C=O) groups excluding carboxylic acids is 1. The molecule has 3 heteroatoms. The highest BCUT2D eigenvalue weighted by Gasteiger charge is 2.55. The van der Waals surface area contributed by atoms with Gasteiger partial charge in [-0.1, -0.05) is 28.8 Å². The first-order chi connectivity index (χ1) is 8.16. The predicted molar refractivity (Wildman–Crippen MR) is 74.2 cm³/mol. The Morgan fingerprint density at radius 2 is 1.88 bits per heavy atom. The molecule has 0 radical (unpaired) electrons. The standard InChI is InChI=1S/C14H24BrNO/c1-10(2)16(9-5-8-15)14(17)13-11-6-3-4-7-12(11)13/h10-13H,3-9H2,1-2H3. The summed E-state index contributed by atoms with van der Waals surface area (Å²) in [4.78, 5) is 14.6. The molecule has 98 valence electrons. The fourth-order valence-corrected chi connectivity index (χ4v) is 3.65. The van der Waals surface area contributed by atoms with Crippen LogP contribution in [0.5, 0.6) is 0 Å². The van der Waals surface area contributed by atoms with Gasteiger partial charge in [0, 0.05) is 23.8 Å². The molecule has 0 bridgehead atoms. The van der Waals surface area contributed by atoms with Crippen LogP contribution in [0.2, 0.25) is 0 Å². The molecule has 0 aromatic heterocycles. The zero-order valence-electron chi connectivity index (χ0n) is 11.0. The molecule has 0 aromatic rings. The second kappa shape index (κ2) is 5.73. The number of nitrogens with zero attached hydrogens (tertiary/aromatic N) is 1. The van der Waals surface area contributed by atoms with Crippen molar-refractivity contribution in [1.82, 2.24) is 4.90 Å². The fraction of sp³-hybridized carbons (Fsp3) is 0.929. The first kappa shape index (κ1) is 13.4. The maximum Gasteiger partial charge on any atom is 0.226 e. The fourth-order valence-electron chi connectivity index (χ4n) is 3.40. The van der Waals surface area contributed by atoms with Gasteiger partial charge in [0.15, 0.2) is 0 Å². The van der Waals surface area contributed by atoms with E-state index in [1.165, 1.54) is 25.7 Å². The van der Waals surface area contributed by atoms with Crippen LogP contribution in [0.25, 0.3) is 0 Å². The van der Waals surface area contributed by atoms with Crippen LogP contribution < -0.4 is 0 Å². The Morgan fingerprint density at radius 1 is 1.29 bits per heavy atom. The summed E-state index contributed by atoms with van der Waals surface area (Å²) in [5, 5.41) is 0.987. The number of alkyl halides is 1. The van der Waals surface area contributed by atoms with Crippen molar-refractivity contribution in [2.45, 2.75) is 52.0 Å². The van der Waals surface area contributed by atoms with Gasteiger partial charge in [-0.15, -0.1) is 0 Å². The Morgan fingerprint density at radius 3 is 2.35 bits per heavy atom. The van der Waals surface area contributed by atoms with Crippen LogP contribution in [-0.4, -0.2) is 28.7 Å². The molecule has 2 unspecified atom stereocenters. The zero-order chi connectivity index (χ0) is 12.4. The number of amides is 1. The van der Waals surface area contributed by atoms with Gasteiger partial charge in [0.1, 0.15) is 0 Å². The number of halogens is 1. The Balaban J connectivity index is 1.92. The molecule has 2 saturated carbocycles. The van der Waals surface area contributed by atoms with Gasteiger partial charge in [-0.05, 0) is 44.9 Å². The van der Waals surface area contributed by atoms with Crippen molar-refractivity contribution >= 4 is 21.8 Å². The van der Waals surface area contributed by atoms with E-state index in [0.29, 0.717) is 17.9 Å². The largest absolute Gasteiger partial charge is 0.340 e. The molecular weight excluding hydrogens is 278 g/mol. The van der Waals surface area contributed by atoms with Crippen molar-refractivity contribution in [2.24, 2.45) is 17.8 Å². The van der Waals surface area contributed by atoms with Crippen LogP contribution in [0.3, 0.4) is 0 Å². The lowest BCUT2D eigenvalue weighted by molar-refractivity contribution is -0.134. The van der Waals surface area contributed by atoms with Crippen LogP contribution in [0.4, 0.5) is 0 Å². The molecule has 2 aliphatic carbocycles. The first-order valence-corrected chi connectivity index (χ1v) is 8.15. The average molecular weight is 302 g/mol. The number of rotatable bonds is 5. The van der Waals surface area contributed by atoms with E-state index >= 15 is 0 Å². The molecule has 2 aliphatic rings. The normalized spacial score (nSPS) is 31.2. The Bertz CT molecular complexity index is 267. The molecule has 1 amide bonds. The molecule has 2 fully saturated rings. The zero-order valence-corrected chi connectivity index (χ0v) is 12.6. The monoisotopic (exact) mass is 301 g/mol. The van der Waals surface area contributed by atoms with Crippen LogP contribution in [-0.2, 0) is 4.79 Å². The number of carbonyl (C=O) groups is 1. The smallest absolute Gasteiger partial charge is 0.226 e. The maximum atomic E-state index is 12.5. The van der Waals surface area contributed by atoms with E-state index in [0.717, 1.165) is 30.1 Å². The molecule has 0 heterocycles. The summed E-state index contributed by atoms with van der Waals surface area (Å²) in [5.74, 6) is 2.30. The quantitative estimate of drug-likeness (QED) is 0.712. The first-order valence-electron chi connectivity index (χ1n) is 7.03. The third kappa shape index (κ3) is 2.86. The molecule has 2 nitrogen and oxygen atoms in total. The number of hydrogen-bond acceptors (Lipinski definition) is 1. The summed E-state index contributed by atoms with van der Waals surface area (Å²) >= 11 is 3.45. The van der Waals surface area contributed by atoms with Crippen molar-refractivity contribution in [3.63, 3.8) is 0 Å². The van der Waals surface area contributed by atoms with E-state index in [4.69, 9.17) is 0 Å². The van der Waals surface area contributed by atoms with E-state index < -0.39 is 0 Å². The molecule has 17 heavy (non-hydrogen) atoms. The van der Waals surface area contributed by atoms with E-state index in [2.05, 4.69) is 34.7 Å². The van der Waals surface area contributed by atoms with E-state index in [9.17, 15) is 4.79 Å². The summed E-state index contributed by atoms with van der Waals surface area (Å²) in [5.41, 5.74) is 0. The van der Waals surface area contributed by atoms with Crippen molar-refractivity contribution < 1.29 is 4.79 Å². The van der Waals surface area contributed by atoms with Crippen molar-refractivity contribution in [2.75, 3.05) is 11.9 Å². The lowest BCUT2D eigenvalue weighted by Gasteiger charge is -2.27. The minimum atomic E-state index is 0.351. The lowest BCUT2D eigenvalue weighted by atomic mass is 10.0. The van der Waals surface area contributed by atoms with Gasteiger partial charge in [0.05, 0.1) is 0 Å². The maximum absolute atomic E-state index is 12.5. The van der Waals surface area contributed by atoms with Gasteiger partial charge >= 0.3 is 0 Å². The topological polar surface area (TPSA) is 20.3 Å². The molecule has 0 saturated heterocycles. The molecule has 0 N–H and O–H groups in total. The van der Waals surface area contributed by atoms with Crippen molar-refractivity contribution in [3.05, 3.63) is 0 Å². The highest BCUT2D eigenvalue weighted by Crippen LogP contribution is 2.56. The lowest BCUT2D eigenvalue weighted by Crippen LogP contribution is -2.39. The van der Waals surface area contributed by atoms with Crippen LogP contribution in [0.1, 0.15) is 46.0 Å². The summed E-state index contributed by atoms with van der Waals surface area (Å²) in [7, 11) is 0. The Hall–Kier alpha value is -0.0500. The molecule has 2 atom stereocenters. The molecule has 0 aromatic carbocycles. The highest BCUT2D eigenvalue weighted by atomic mass is 79.9. The minimum absolute atomic E-state index is 0.351. The second-order valence-corrected chi connectivity index (χ2v) is 6.60. The Kier molecular flexibility index (Phi) is 4.51. The number of fused-ring (bicyclic) bond motifs is 1. The third-order valence-electron chi connectivity index (χ3n) is 4.38. The van der Waals surface area contributed by atoms with Gasteiger partial charge in [0.2, 0.25) is 5.91 Å². The van der Waals surface area contributed by atoms with Gasteiger partial charge in [0.25, 0.3) is 0 Å². The van der Waals surface area contributed by atoms with Gasteiger partial charge in [-0.25, -0.2) is 0 Å². The number of hydrogen-bond donors (Lipinski definition) is 0. The summed E-state index contributed by atoms with van der Waals surface area (Å²) in [6.07, 6.45) is 6.34. The van der Waals surface area contributed by atoms with E-state index in [-0.39, 0.29) is 0 Å². The van der Waals surface area contributed by atoms with Crippen molar-refractivity contribution in [1.29, 1.82) is 0 Å². The molecule has 2 rings (SSSR count). The van der Waals surface area contributed by atoms with Crippen LogP contribution in [0.15, 0.2) is 0 Å². The Labute approximate surface area is 113 Å². The second-order valence-electron chi connectivity index (χ2n) is 5.81. The minimum Gasteiger partial charge on any atom is -0.340 e.